The molecule has 0 aliphatic carbocycles. The van der Waals surface area contributed by atoms with Crippen molar-refractivity contribution in [3.63, 3.8) is 0 Å². The minimum Gasteiger partial charge on any atom is -0.209 e. The molecule has 0 saturated carbocycles. The second kappa shape index (κ2) is 6.74. The summed E-state index contributed by atoms with van der Waals surface area (Å²) in [6.07, 6.45) is -2.69. The number of halogens is 4. The molecule has 0 fully saturated rings. The fourth-order valence-electron chi connectivity index (χ4n) is 1.38. The Balaban J connectivity index is 3.12. The van der Waals surface area contributed by atoms with Crippen molar-refractivity contribution in [1.82, 2.24) is 4.31 Å². The predicted molar refractivity (Wildman–Crippen MR) is 75.3 cm³/mol. The van der Waals surface area contributed by atoms with Crippen LogP contribution < -0.4 is 0 Å². The van der Waals surface area contributed by atoms with E-state index in [-0.39, 0.29) is 11.4 Å². The molecule has 1 heterocycles. The fraction of sp³-hybridized carbons (Fsp3) is 0.556. The van der Waals surface area contributed by atoms with Crippen molar-refractivity contribution in [1.29, 1.82) is 0 Å². The van der Waals surface area contributed by atoms with Crippen LogP contribution in [0.5, 0.6) is 0 Å². The highest BCUT2D eigenvalue weighted by Gasteiger charge is 2.29. The van der Waals surface area contributed by atoms with Crippen molar-refractivity contribution in [3.8, 4) is 0 Å². The van der Waals surface area contributed by atoms with Gasteiger partial charge in [0.05, 0.1) is 15.2 Å². The van der Waals surface area contributed by atoms with Gasteiger partial charge in [-0.15, -0.1) is 11.3 Å². The monoisotopic (exact) mass is 425 g/mol. The molecule has 1 rings (SSSR count). The van der Waals surface area contributed by atoms with Crippen LogP contribution in [0.4, 0.5) is 8.78 Å². The first-order chi connectivity index (χ1) is 8.28. The molecule has 0 amide bonds. The van der Waals surface area contributed by atoms with E-state index in [1.807, 2.05) is 0 Å². The van der Waals surface area contributed by atoms with Gasteiger partial charge in [0.25, 0.3) is 6.43 Å². The Morgan fingerprint density at radius 1 is 1.50 bits per heavy atom. The van der Waals surface area contributed by atoms with Crippen LogP contribution in [0, 0.1) is 6.92 Å². The average molecular weight is 427 g/mol. The molecule has 0 N–H and O–H groups in total. The summed E-state index contributed by atoms with van der Waals surface area (Å²) in [6.45, 7) is 0.872. The molecular weight excluding hydrogens is 416 g/mol. The molecule has 0 aliphatic rings. The zero-order valence-electron chi connectivity index (χ0n) is 9.37. The molecule has 0 saturated heterocycles. The largest absolute Gasteiger partial charge is 0.252 e. The van der Waals surface area contributed by atoms with E-state index in [1.165, 1.54) is 17.4 Å². The summed E-state index contributed by atoms with van der Waals surface area (Å²) in [7, 11) is -3.86. The Kier molecular flexibility index (Phi) is 6.17. The van der Waals surface area contributed by atoms with Crippen LogP contribution in [0.25, 0.3) is 0 Å². The van der Waals surface area contributed by atoms with Crippen molar-refractivity contribution < 1.29 is 17.2 Å². The van der Waals surface area contributed by atoms with Gasteiger partial charge in [0.2, 0.25) is 10.0 Å². The Hall–Kier alpha value is 0.430. The number of sulfonamides is 1. The maximum Gasteiger partial charge on any atom is 0.252 e. The van der Waals surface area contributed by atoms with Gasteiger partial charge in [0, 0.05) is 16.8 Å². The van der Waals surface area contributed by atoms with Crippen LogP contribution in [0.1, 0.15) is 4.88 Å². The first kappa shape index (κ1) is 16.5. The quantitative estimate of drug-likeness (QED) is 0.653. The molecule has 0 bridgehead atoms. The highest BCUT2D eigenvalue weighted by atomic mass is 79.9. The number of hydrogen-bond acceptors (Lipinski definition) is 3. The lowest BCUT2D eigenvalue weighted by Gasteiger charge is -2.20. The minimum absolute atomic E-state index is 0.0135. The predicted octanol–water partition coefficient (Wildman–Crippen LogP) is 3.47. The molecule has 0 aliphatic heterocycles. The van der Waals surface area contributed by atoms with Crippen LogP contribution in [0.15, 0.2) is 14.7 Å². The van der Waals surface area contributed by atoms with E-state index in [2.05, 4.69) is 31.9 Å². The van der Waals surface area contributed by atoms with E-state index in [0.29, 0.717) is 14.0 Å². The lowest BCUT2D eigenvalue weighted by atomic mass is 10.5. The third kappa shape index (κ3) is 3.96. The summed E-state index contributed by atoms with van der Waals surface area (Å²) < 4.78 is 50.8. The van der Waals surface area contributed by atoms with Gasteiger partial charge in [-0.2, -0.15) is 4.31 Å². The van der Waals surface area contributed by atoms with Gasteiger partial charge in [-0.3, -0.25) is 0 Å². The Morgan fingerprint density at radius 3 is 2.50 bits per heavy atom. The summed E-state index contributed by atoms with van der Waals surface area (Å²) in [4.78, 5) is 0.664. The van der Waals surface area contributed by atoms with Crippen molar-refractivity contribution in [2.75, 3.05) is 18.4 Å². The van der Waals surface area contributed by atoms with Crippen molar-refractivity contribution in [2.24, 2.45) is 0 Å². The minimum atomic E-state index is -3.86. The Bertz CT molecular complexity index is 505. The molecule has 0 aromatic carbocycles. The highest BCUT2D eigenvalue weighted by molar-refractivity contribution is 9.11. The molecule has 18 heavy (non-hydrogen) atoms. The second-order valence-corrected chi connectivity index (χ2v) is 8.75. The number of hydrogen-bond donors (Lipinski definition) is 0. The summed E-state index contributed by atoms with van der Waals surface area (Å²) >= 11 is 7.53. The maximum atomic E-state index is 12.4. The summed E-state index contributed by atoms with van der Waals surface area (Å²) in [5.41, 5.74) is 0. The average Bonchev–Trinajstić information content (AvgIpc) is 2.57. The van der Waals surface area contributed by atoms with E-state index < -0.39 is 23.0 Å². The summed E-state index contributed by atoms with van der Waals surface area (Å²) in [6, 6.07) is 1.45. The fourth-order valence-corrected chi connectivity index (χ4v) is 5.85. The first-order valence-electron chi connectivity index (χ1n) is 4.89. The molecule has 1 aromatic rings. The van der Waals surface area contributed by atoms with E-state index in [4.69, 9.17) is 0 Å². The van der Waals surface area contributed by atoms with Gasteiger partial charge < -0.3 is 0 Å². The molecule has 0 unspecified atom stereocenters. The number of aryl methyl sites for hydroxylation is 1. The maximum absolute atomic E-state index is 12.4. The first-order valence-corrected chi connectivity index (χ1v) is 9.06. The third-order valence-electron chi connectivity index (χ3n) is 2.14. The van der Waals surface area contributed by atoms with Gasteiger partial charge in [0.1, 0.15) is 0 Å². The molecule has 104 valence electrons. The molecule has 3 nitrogen and oxygen atoms in total. The van der Waals surface area contributed by atoms with E-state index in [1.54, 1.807) is 6.92 Å². The number of nitrogens with zero attached hydrogens (tertiary/aromatic N) is 1. The van der Waals surface area contributed by atoms with Gasteiger partial charge in [-0.05, 0) is 28.9 Å². The van der Waals surface area contributed by atoms with Gasteiger partial charge in [0.15, 0.2) is 0 Å². The van der Waals surface area contributed by atoms with Crippen molar-refractivity contribution >= 4 is 53.2 Å². The van der Waals surface area contributed by atoms with Gasteiger partial charge >= 0.3 is 0 Å². The van der Waals surface area contributed by atoms with E-state index in [9.17, 15) is 17.2 Å². The number of rotatable bonds is 6. The smallest absolute Gasteiger partial charge is 0.209 e. The number of thiophene rings is 1. The van der Waals surface area contributed by atoms with E-state index in [0.717, 1.165) is 4.31 Å². The molecular formula is C9H11Br2F2NO2S2. The molecule has 9 heteroatoms. The third-order valence-corrected chi connectivity index (χ3v) is 6.16. The highest BCUT2D eigenvalue weighted by Crippen LogP contribution is 2.31. The number of alkyl halides is 3. The Labute approximate surface area is 125 Å². The second-order valence-electron chi connectivity index (χ2n) is 3.41. The molecule has 0 radical (unpaired) electrons. The molecule has 0 spiro atoms. The zero-order valence-corrected chi connectivity index (χ0v) is 14.2. The van der Waals surface area contributed by atoms with Gasteiger partial charge in [-0.1, -0.05) is 15.9 Å². The SMILES string of the molecule is Cc1sc(Br)cc1S(=O)(=O)N(CCBr)CC(F)F. The van der Waals surface area contributed by atoms with Crippen LogP contribution in [-0.4, -0.2) is 37.6 Å². The topological polar surface area (TPSA) is 37.4 Å². The van der Waals surface area contributed by atoms with E-state index >= 15 is 0 Å². The lowest BCUT2D eigenvalue weighted by molar-refractivity contribution is 0.121. The Morgan fingerprint density at radius 2 is 2.11 bits per heavy atom. The van der Waals surface area contributed by atoms with Crippen molar-refractivity contribution in [2.45, 2.75) is 18.2 Å². The summed E-state index contributed by atoms with van der Waals surface area (Å²) in [5, 5.41) is 0.309. The summed E-state index contributed by atoms with van der Waals surface area (Å²) in [5.74, 6) is 0. The van der Waals surface area contributed by atoms with Crippen LogP contribution in [-0.2, 0) is 10.0 Å². The standard InChI is InChI=1S/C9H11Br2F2NO2S2/c1-6-7(4-8(11)17-6)18(15,16)14(3-2-10)5-9(12)13/h4,9H,2-3,5H2,1H3. The normalized spacial score (nSPS) is 12.6. The molecule has 1 aromatic heterocycles. The van der Waals surface area contributed by atoms with Crippen molar-refractivity contribution in [3.05, 3.63) is 14.7 Å². The van der Waals surface area contributed by atoms with Crippen LogP contribution in [0.2, 0.25) is 0 Å². The van der Waals surface area contributed by atoms with Gasteiger partial charge in [-0.25, -0.2) is 17.2 Å². The van der Waals surface area contributed by atoms with Crippen LogP contribution >= 0.6 is 43.2 Å². The zero-order chi connectivity index (χ0) is 13.9. The lowest BCUT2D eigenvalue weighted by Crippen LogP contribution is -2.36. The molecule has 0 atom stereocenters. The van der Waals surface area contributed by atoms with Crippen LogP contribution in [0.3, 0.4) is 0 Å².